The second-order valence-electron chi connectivity index (χ2n) is 10.1. The molecule has 2 fully saturated rings. The molecule has 2 aromatic heterocycles. The number of pyridine rings is 1. The molecule has 1 aromatic carbocycles. The molecule has 0 spiro atoms. The Hall–Kier alpha value is -3.14. The van der Waals surface area contributed by atoms with Gasteiger partial charge in [-0.3, -0.25) is 4.79 Å². The zero-order valence-electron chi connectivity index (χ0n) is 20.0. The Morgan fingerprint density at radius 2 is 2.08 bits per heavy atom. The molecule has 1 saturated heterocycles. The molecule has 2 atom stereocenters. The van der Waals surface area contributed by atoms with Gasteiger partial charge in [0.1, 0.15) is 5.02 Å². The van der Waals surface area contributed by atoms with Gasteiger partial charge in [0.15, 0.2) is 12.4 Å². The summed E-state index contributed by atoms with van der Waals surface area (Å²) in [6.07, 6.45) is 4.11. The van der Waals surface area contributed by atoms with Crippen LogP contribution >= 0.6 is 11.6 Å². The van der Waals surface area contributed by atoms with E-state index < -0.39 is 24.1 Å². The van der Waals surface area contributed by atoms with E-state index in [9.17, 15) is 13.6 Å². The summed E-state index contributed by atoms with van der Waals surface area (Å²) in [5.41, 5.74) is 1.08. The first-order chi connectivity index (χ1) is 17.2. The lowest BCUT2D eigenvalue weighted by Gasteiger charge is -2.25. The molecule has 2 aliphatic heterocycles. The van der Waals surface area contributed by atoms with E-state index in [0.29, 0.717) is 45.0 Å². The van der Waals surface area contributed by atoms with Crippen LogP contribution in [0.4, 0.5) is 31.9 Å². The SMILES string of the molecule is C[C@H]1CCN(c2ncc(Cl)c(Nc3ccc4c(c3)c3c(c(=O)n4C)OCC(F)(F)[C@H](C4CC4)N3)n2)C1. The summed E-state index contributed by atoms with van der Waals surface area (Å²) < 4.78 is 36.6. The molecule has 4 heterocycles. The topological polar surface area (TPSA) is 84.3 Å². The van der Waals surface area contributed by atoms with Gasteiger partial charge in [-0.05, 0) is 49.3 Å². The molecular weight excluding hydrogens is 490 g/mol. The quantitative estimate of drug-likeness (QED) is 0.516. The summed E-state index contributed by atoms with van der Waals surface area (Å²) in [5.74, 6) is -1.71. The van der Waals surface area contributed by atoms with Crippen LogP contribution in [0.3, 0.4) is 0 Å². The van der Waals surface area contributed by atoms with Crippen molar-refractivity contribution in [1.29, 1.82) is 0 Å². The number of benzene rings is 1. The number of hydrogen-bond acceptors (Lipinski definition) is 7. The number of fused-ring (bicyclic) bond motifs is 3. The van der Waals surface area contributed by atoms with Gasteiger partial charge < -0.3 is 24.8 Å². The smallest absolute Gasteiger partial charge is 0.301 e. The first kappa shape index (κ1) is 23.3. The molecule has 0 bridgehead atoms. The predicted molar refractivity (Wildman–Crippen MR) is 136 cm³/mol. The van der Waals surface area contributed by atoms with Crippen LogP contribution < -0.4 is 25.8 Å². The van der Waals surface area contributed by atoms with Gasteiger partial charge in [0.05, 0.1) is 23.4 Å². The Kier molecular flexibility index (Phi) is 5.47. The van der Waals surface area contributed by atoms with Crippen molar-refractivity contribution in [1.82, 2.24) is 14.5 Å². The summed E-state index contributed by atoms with van der Waals surface area (Å²) in [5, 5.41) is 7.20. The van der Waals surface area contributed by atoms with Crippen LogP contribution in [0.15, 0.2) is 29.2 Å². The van der Waals surface area contributed by atoms with Crippen molar-refractivity contribution < 1.29 is 13.5 Å². The van der Waals surface area contributed by atoms with Crippen LogP contribution in [-0.2, 0) is 7.05 Å². The highest BCUT2D eigenvalue weighted by Crippen LogP contribution is 2.45. The van der Waals surface area contributed by atoms with E-state index in [2.05, 4.69) is 32.4 Å². The van der Waals surface area contributed by atoms with Crippen LogP contribution in [0.2, 0.25) is 5.02 Å². The molecule has 6 rings (SSSR count). The summed E-state index contributed by atoms with van der Waals surface area (Å²) in [6.45, 7) is 3.13. The standard InChI is InChI=1S/C25H27ClF2N6O2/c1-13-7-8-34(11-13)24-29-10-17(26)22(32-24)30-15-5-6-18-16(9-15)19-20(23(35)33(18)2)36-12-25(27,28)21(31-19)14-3-4-14/h5-6,9-10,13-14,21,31H,3-4,7-8,11-12H2,1-2H3,(H,29,30,32)/t13-,21-/m0/s1. The number of alkyl halides is 2. The molecule has 3 aromatic rings. The van der Waals surface area contributed by atoms with Crippen molar-refractivity contribution in [2.45, 2.75) is 38.2 Å². The highest BCUT2D eigenvalue weighted by atomic mass is 35.5. The molecule has 1 aliphatic carbocycles. The van der Waals surface area contributed by atoms with E-state index in [1.54, 1.807) is 31.4 Å². The average Bonchev–Trinajstić information content (AvgIpc) is 3.61. The molecule has 8 nitrogen and oxygen atoms in total. The van der Waals surface area contributed by atoms with Gasteiger partial charge in [-0.2, -0.15) is 4.98 Å². The molecule has 36 heavy (non-hydrogen) atoms. The predicted octanol–water partition coefficient (Wildman–Crippen LogP) is 4.79. The van der Waals surface area contributed by atoms with Crippen molar-refractivity contribution in [3.63, 3.8) is 0 Å². The first-order valence-electron chi connectivity index (χ1n) is 12.2. The molecule has 190 valence electrons. The van der Waals surface area contributed by atoms with Crippen molar-refractivity contribution in [3.05, 3.63) is 39.8 Å². The fourth-order valence-corrected chi connectivity index (χ4v) is 5.28. The Bertz CT molecular complexity index is 1410. The largest absolute Gasteiger partial charge is 0.480 e. The summed E-state index contributed by atoms with van der Waals surface area (Å²) in [6, 6.07) is 4.28. The number of ether oxygens (including phenoxy) is 1. The van der Waals surface area contributed by atoms with Crippen LogP contribution in [0.1, 0.15) is 26.2 Å². The van der Waals surface area contributed by atoms with Gasteiger partial charge in [-0.15, -0.1) is 0 Å². The van der Waals surface area contributed by atoms with E-state index in [-0.39, 0.29) is 11.7 Å². The number of nitrogens with zero attached hydrogens (tertiary/aromatic N) is 4. The molecule has 1 saturated carbocycles. The fourth-order valence-electron chi connectivity index (χ4n) is 5.14. The van der Waals surface area contributed by atoms with Gasteiger partial charge in [-0.1, -0.05) is 18.5 Å². The lowest BCUT2D eigenvalue weighted by Crippen LogP contribution is -2.44. The maximum Gasteiger partial charge on any atom is 0.301 e. The highest BCUT2D eigenvalue weighted by molar-refractivity contribution is 6.32. The van der Waals surface area contributed by atoms with Crippen LogP contribution in [-0.4, -0.2) is 46.2 Å². The minimum atomic E-state index is -3.09. The second-order valence-corrected chi connectivity index (χ2v) is 10.5. The third-order valence-electron chi connectivity index (χ3n) is 7.31. The van der Waals surface area contributed by atoms with Crippen molar-refractivity contribution in [2.24, 2.45) is 18.9 Å². The number of nitrogens with one attached hydrogen (secondary N) is 2. The zero-order chi connectivity index (χ0) is 25.2. The maximum absolute atomic E-state index is 14.9. The van der Waals surface area contributed by atoms with Gasteiger partial charge >= 0.3 is 5.92 Å². The number of hydrogen-bond donors (Lipinski definition) is 2. The molecule has 11 heteroatoms. The molecule has 2 N–H and O–H groups in total. The molecule has 0 amide bonds. The number of rotatable bonds is 4. The van der Waals surface area contributed by atoms with E-state index in [0.717, 1.165) is 32.4 Å². The van der Waals surface area contributed by atoms with E-state index in [4.69, 9.17) is 16.3 Å². The van der Waals surface area contributed by atoms with Crippen molar-refractivity contribution in [2.75, 3.05) is 35.2 Å². The number of aromatic nitrogens is 3. The number of halogens is 3. The Labute approximate surface area is 211 Å². The third-order valence-corrected chi connectivity index (χ3v) is 7.59. The van der Waals surface area contributed by atoms with E-state index in [1.165, 1.54) is 4.57 Å². The Balaban J connectivity index is 1.40. The summed E-state index contributed by atoms with van der Waals surface area (Å²) in [7, 11) is 1.60. The molecule has 0 radical (unpaired) electrons. The Morgan fingerprint density at radius 3 is 2.81 bits per heavy atom. The number of anilines is 4. The minimum absolute atomic E-state index is 0.0875. The van der Waals surface area contributed by atoms with Gasteiger partial charge in [-0.25, -0.2) is 13.8 Å². The minimum Gasteiger partial charge on any atom is -0.480 e. The van der Waals surface area contributed by atoms with Gasteiger partial charge in [0.25, 0.3) is 5.56 Å². The van der Waals surface area contributed by atoms with Gasteiger partial charge in [0, 0.05) is 31.2 Å². The second kappa shape index (κ2) is 8.47. The first-order valence-corrected chi connectivity index (χ1v) is 12.6. The maximum atomic E-state index is 14.9. The molecule has 3 aliphatic rings. The third kappa shape index (κ3) is 4.01. The highest BCUT2D eigenvalue weighted by Gasteiger charge is 2.51. The summed E-state index contributed by atoms with van der Waals surface area (Å²) in [4.78, 5) is 24.1. The Morgan fingerprint density at radius 1 is 1.28 bits per heavy atom. The summed E-state index contributed by atoms with van der Waals surface area (Å²) >= 11 is 6.41. The van der Waals surface area contributed by atoms with Crippen LogP contribution in [0, 0.1) is 11.8 Å². The van der Waals surface area contributed by atoms with Crippen LogP contribution in [0.5, 0.6) is 5.75 Å². The fraction of sp³-hybridized carbons (Fsp3) is 0.480. The van der Waals surface area contributed by atoms with E-state index >= 15 is 0 Å². The van der Waals surface area contributed by atoms with Crippen molar-refractivity contribution in [3.8, 4) is 5.75 Å². The normalized spacial score (nSPS) is 23.1. The zero-order valence-corrected chi connectivity index (χ0v) is 20.8. The lowest BCUT2D eigenvalue weighted by atomic mass is 10.0. The monoisotopic (exact) mass is 516 g/mol. The number of aryl methyl sites for hydroxylation is 1. The lowest BCUT2D eigenvalue weighted by molar-refractivity contribution is -0.0579. The molecular formula is C25H27ClF2N6O2. The van der Waals surface area contributed by atoms with Crippen LogP contribution in [0.25, 0.3) is 10.9 Å². The van der Waals surface area contributed by atoms with Gasteiger partial charge in [0.2, 0.25) is 11.7 Å². The molecule has 0 unspecified atom stereocenters. The van der Waals surface area contributed by atoms with Crippen molar-refractivity contribution >= 4 is 45.6 Å². The van der Waals surface area contributed by atoms with E-state index in [1.807, 2.05) is 0 Å². The average molecular weight is 517 g/mol.